The molecule has 0 aliphatic carbocycles. The van der Waals surface area contributed by atoms with Crippen LogP contribution in [0.4, 0.5) is 13.2 Å². The SMILES string of the molecule is O=C(O)C(F)(F)F.c1csc(-c2ccc3nc(C4CCCN(Cc5nccs5)C4)nn3c2)c1. The second kappa shape index (κ2) is 9.98. The van der Waals surface area contributed by atoms with E-state index in [1.807, 2.05) is 16.1 Å². The fourth-order valence-corrected chi connectivity index (χ4v) is 4.97. The van der Waals surface area contributed by atoms with Gasteiger partial charge in [-0.05, 0) is 43.0 Å². The van der Waals surface area contributed by atoms with Crippen molar-refractivity contribution in [2.24, 2.45) is 0 Å². The van der Waals surface area contributed by atoms with Crippen molar-refractivity contribution in [3.63, 3.8) is 0 Å². The molecular weight excluding hydrogens is 475 g/mol. The predicted molar refractivity (Wildman–Crippen MR) is 119 cm³/mol. The largest absolute Gasteiger partial charge is 0.490 e. The number of pyridine rings is 1. The summed E-state index contributed by atoms with van der Waals surface area (Å²) in [7, 11) is 0. The fourth-order valence-electron chi connectivity index (χ4n) is 3.59. The maximum absolute atomic E-state index is 10.6. The molecule has 0 aromatic carbocycles. The van der Waals surface area contributed by atoms with Gasteiger partial charge in [-0.1, -0.05) is 6.07 Å². The van der Waals surface area contributed by atoms with Crippen molar-refractivity contribution in [3.8, 4) is 10.4 Å². The Morgan fingerprint density at radius 3 is 2.70 bits per heavy atom. The van der Waals surface area contributed by atoms with E-state index < -0.39 is 12.1 Å². The summed E-state index contributed by atoms with van der Waals surface area (Å²) < 4.78 is 33.7. The number of carbonyl (C=O) groups is 1. The molecule has 1 unspecified atom stereocenters. The van der Waals surface area contributed by atoms with Crippen LogP contribution in [-0.2, 0) is 11.3 Å². The Bertz CT molecular complexity index is 1190. The molecule has 1 N–H and O–H groups in total. The third-order valence-electron chi connectivity index (χ3n) is 5.11. The molecule has 1 aliphatic rings. The summed E-state index contributed by atoms with van der Waals surface area (Å²) in [6, 6.07) is 8.42. The zero-order valence-corrected chi connectivity index (χ0v) is 18.9. The number of carboxylic acid groups (broad SMARTS) is 1. The standard InChI is InChI=1S/C19H19N5S2.C2HF3O2/c1-3-15(11-23(8-1)13-18-20-7-10-26-18)19-21-17-6-5-14(12-24(17)22-19)16-4-2-9-25-16;3-2(4,5)1(6)7/h2,4-7,9-10,12,15H,1,3,8,11,13H2;(H,6,7). The smallest absolute Gasteiger partial charge is 0.475 e. The number of nitrogens with zero attached hydrogens (tertiary/aromatic N) is 5. The third kappa shape index (κ3) is 5.95. The molecule has 0 radical (unpaired) electrons. The lowest BCUT2D eigenvalue weighted by molar-refractivity contribution is -0.192. The number of thiazole rings is 1. The Hall–Kier alpha value is -2.83. The van der Waals surface area contributed by atoms with Gasteiger partial charge in [0, 0.05) is 40.7 Å². The average Bonchev–Trinajstić information content (AvgIpc) is 3.54. The highest BCUT2D eigenvalue weighted by Crippen LogP contribution is 2.28. The van der Waals surface area contributed by atoms with E-state index in [0.717, 1.165) is 37.5 Å². The highest BCUT2D eigenvalue weighted by molar-refractivity contribution is 7.13. The predicted octanol–water partition coefficient (Wildman–Crippen LogP) is 4.93. The molecule has 0 spiro atoms. The van der Waals surface area contributed by atoms with E-state index in [1.54, 1.807) is 22.7 Å². The van der Waals surface area contributed by atoms with Gasteiger partial charge in [0.25, 0.3) is 0 Å². The number of likely N-dealkylation sites (tertiary alicyclic amines) is 1. The third-order valence-corrected chi connectivity index (χ3v) is 6.79. The monoisotopic (exact) mass is 495 g/mol. The number of alkyl halides is 3. The van der Waals surface area contributed by atoms with E-state index >= 15 is 0 Å². The number of halogens is 3. The summed E-state index contributed by atoms with van der Waals surface area (Å²) >= 11 is 3.48. The van der Waals surface area contributed by atoms with Gasteiger partial charge in [0.05, 0.1) is 6.54 Å². The van der Waals surface area contributed by atoms with Crippen LogP contribution in [0.5, 0.6) is 0 Å². The van der Waals surface area contributed by atoms with Crippen LogP contribution in [0, 0.1) is 0 Å². The summed E-state index contributed by atoms with van der Waals surface area (Å²) in [5.41, 5.74) is 2.12. The van der Waals surface area contributed by atoms with Crippen LogP contribution in [0.15, 0.2) is 47.4 Å². The highest BCUT2D eigenvalue weighted by atomic mass is 32.1. The molecule has 0 bridgehead atoms. The van der Waals surface area contributed by atoms with E-state index in [2.05, 4.69) is 45.7 Å². The number of fused-ring (bicyclic) bond motifs is 1. The van der Waals surface area contributed by atoms with Crippen molar-refractivity contribution in [2.75, 3.05) is 13.1 Å². The molecule has 0 saturated carbocycles. The summed E-state index contributed by atoms with van der Waals surface area (Å²) in [5, 5.41) is 17.3. The van der Waals surface area contributed by atoms with Crippen LogP contribution in [-0.4, -0.2) is 54.8 Å². The number of piperidine rings is 1. The van der Waals surface area contributed by atoms with Crippen molar-refractivity contribution < 1.29 is 23.1 Å². The van der Waals surface area contributed by atoms with Crippen LogP contribution >= 0.6 is 22.7 Å². The molecule has 12 heteroatoms. The maximum atomic E-state index is 10.6. The number of hydrogen-bond acceptors (Lipinski definition) is 7. The Balaban J connectivity index is 0.000000325. The maximum Gasteiger partial charge on any atom is 0.490 e. The van der Waals surface area contributed by atoms with Crippen LogP contribution in [0.3, 0.4) is 0 Å². The molecule has 33 heavy (non-hydrogen) atoms. The van der Waals surface area contributed by atoms with Crippen molar-refractivity contribution in [3.05, 3.63) is 58.3 Å². The second-order valence-corrected chi connectivity index (χ2v) is 9.40. The van der Waals surface area contributed by atoms with Crippen molar-refractivity contribution in [1.29, 1.82) is 0 Å². The lowest BCUT2D eigenvalue weighted by atomic mass is 9.97. The number of carboxylic acids is 1. The van der Waals surface area contributed by atoms with Gasteiger partial charge in [0.2, 0.25) is 0 Å². The first-order chi connectivity index (χ1) is 15.8. The van der Waals surface area contributed by atoms with E-state index in [9.17, 15) is 13.2 Å². The minimum Gasteiger partial charge on any atom is -0.475 e. The minimum atomic E-state index is -5.08. The number of rotatable bonds is 4. The van der Waals surface area contributed by atoms with Gasteiger partial charge in [0.1, 0.15) is 5.01 Å². The summed E-state index contributed by atoms with van der Waals surface area (Å²) in [5.74, 6) is -1.39. The molecule has 0 amide bonds. The Labute approximate surface area is 195 Å². The van der Waals surface area contributed by atoms with Crippen LogP contribution in [0.2, 0.25) is 0 Å². The quantitative estimate of drug-likeness (QED) is 0.432. The van der Waals surface area contributed by atoms with Crippen molar-refractivity contribution >= 4 is 34.3 Å². The first-order valence-electron chi connectivity index (χ1n) is 10.1. The first-order valence-corrected chi connectivity index (χ1v) is 11.9. The molecule has 1 saturated heterocycles. The van der Waals surface area contributed by atoms with Crippen LogP contribution in [0.1, 0.15) is 29.6 Å². The fraction of sp³-hybridized carbons (Fsp3) is 0.333. The molecule has 4 aromatic heterocycles. The number of thiophene rings is 1. The van der Waals surface area contributed by atoms with E-state index in [-0.39, 0.29) is 0 Å². The molecule has 1 aliphatic heterocycles. The molecule has 174 valence electrons. The van der Waals surface area contributed by atoms with Gasteiger partial charge in [0.15, 0.2) is 11.5 Å². The molecule has 1 atom stereocenters. The van der Waals surface area contributed by atoms with Crippen molar-refractivity contribution in [2.45, 2.75) is 31.5 Å². The van der Waals surface area contributed by atoms with Crippen LogP contribution in [0.25, 0.3) is 16.1 Å². The molecular formula is C21H20F3N5O2S2. The molecule has 5 rings (SSSR count). The molecule has 5 heterocycles. The zero-order valence-electron chi connectivity index (χ0n) is 17.3. The lowest BCUT2D eigenvalue weighted by Crippen LogP contribution is -2.34. The first kappa shape index (κ1) is 23.3. The molecule has 4 aromatic rings. The van der Waals surface area contributed by atoms with Gasteiger partial charge >= 0.3 is 12.1 Å². The van der Waals surface area contributed by atoms with E-state index in [4.69, 9.17) is 20.0 Å². The van der Waals surface area contributed by atoms with Crippen LogP contribution < -0.4 is 0 Å². The summed E-state index contributed by atoms with van der Waals surface area (Å²) in [4.78, 5) is 21.9. The van der Waals surface area contributed by atoms with E-state index in [1.165, 1.54) is 21.9 Å². The summed E-state index contributed by atoms with van der Waals surface area (Å²) in [6.45, 7) is 3.07. The van der Waals surface area contributed by atoms with Gasteiger partial charge < -0.3 is 5.11 Å². The highest BCUT2D eigenvalue weighted by Gasteiger charge is 2.38. The number of aromatic nitrogens is 4. The zero-order chi connectivity index (χ0) is 23.4. The van der Waals surface area contributed by atoms with Crippen molar-refractivity contribution in [1.82, 2.24) is 24.5 Å². The number of hydrogen-bond donors (Lipinski definition) is 1. The van der Waals surface area contributed by atoms with Gasteiger partial charge in [-0.2, -0.15) is 18.3 Å². The Morgan fingerprint density at radius 1 is 1.21 bits per heavy atom. The topological polar surface area (TPSA) is 83.6 Å². The second-order valence-electron chi connectivity index (χ2n) is 7.47. The minimum absolute atomic E-state index is 0.397. The molecule has 7 nitrogen and oxygen atoms in total. The van der Waals surface area contributed by atoms with Gasteiger partial charge in [-0.3, -0.25) is 4.90 Å². The summed E-state index contributed by atoms with van der Waals surface area (Å²) in [6.07, 6.45) is 1.24. The number of aliphatic carboxylic acids is 1. The average molecular weight is 496 g/mol. The Morgan fingerprint density at radius 2 is 2.03 bits per heavy atom. The Kier molecular flexibility index (Phi) is 7.05. The molecule has 1 fully saturated rings. The van der Waals surface area contributed by atoms with E-state index in [0.29, 0.717) is 5.92 Å². The normalized spacial score (nSPS) is 17.0. The lowest BCUT2D eigenvalue weighted by Gasteiger charge is -2.30. The van der Waals surface area contributed by atoms with Gasteiger partial charge in [-0.25, -0.2) is 19.3 Å². The van der Waals surface area contributed by atoms with Gasteiger partial charge in [-0.15, -0.1) is 22.7 Å².